The predicted octanol–water partition coefficient (Wildman–Crippen LogP) is 2.16. The Labute approximate surface area is 188 Å². The summed E-state index contributed by atoms with van der Waals surface area (Å²) in [6.07, 6.45) is 7.37. The number of carbonyl (C=O) groups excluding carboxylic acids is 2. The van der Waals surface area contributed by atoms with Crippen LogP contribution in [-0.4, -0.2) is 66.5 Å². The van der Waals surface area contributed by atoms with E-state index in [0.717, 1.165) is 39.8 Å². The molecule has 0 bridgehead atoms. The molecule has 1 fully saturated rings. The monoisotopic (exact) mass is 451 g/mol. The summed E-state index contributed by atoms with van der Waals surface area (Å²) in [7, 11) is 0. The van der Waals surface area contributed by atoms with Crippen LogP contribution in [0.15, 0.2) is 42.9 Å². The molecule has 0 saturated carbocycles. The highest BCUT2D eigenvalue weighted by molar-refractivity contribution is 6.27. The smallest absolute Gasteiger partial charge is 0.242 e. The maximum Gasteiger partial charge on any atom is 0.242 e. The predicted molar refractivity (Wildman–Crippen MR) is 120 cm³/mol. The van der Waals surface area contributed by atoms with Gasteiger partial charge in [0.15, 0.2) is 0 Å². The first kappa shape index (κ1) is 20.4. The second-order valence-electron chi connectivity index (χ2n) is 7.79. The molecule has 0 spiro atoms. The Bertz CT molecular complexity index is 1300. The van der Waals surface area contributed by atoms with Crippen LogP contribution in [0.2, 0.25) is 0 Å². The van der Waals surface area contributed by atoms with E-state index < -0.39 is 6.04 Å². The van der Waals surface area contributed by atoms with E-state index in [0.29, 0.717) is 25.9 Å². The molecule has 5 rings (SSSR count). The van der Waals surface area contributed by atoms with E-state index in [9.17, 15) is 9.59 Å². The summed E-state index contributed by atoms with van der Waals surface area (Å²) < 4.78 is 1.60. The summed E-state index contributed by atoms with van der Waals surface area (Å²) in [6.45, 7) is 1.04. The van der Waals surface area contributed by atoms with Crippen LogP contribution in [0.4, 0.5) is 0 Å². The van der Waals surface area contributed by atoms with Crippen molar-refractivity contribution in [2.75, 3.05) is 19.0 Å². The summed E-state index contributed by atoms with van der Waals surface area (Å²) in [5, 5.41) is 12.5. The number of likely N-dealkylation sites (tertiary alicyclic amines) is 1. The number of halogens is 1. The summed E-state index contributed by atoms with van der Waals surface area (Å²) in [4.78, 5) is 33.9. The average Bonchev–Trinajstić information content (AvgIpc) is 3.55. The molecule has 5 heterocycles. The number of nitrogens with zero attached hydrogens (tertiary/aromatic N) is 5. The highest BCUT2D eigenvalue weighted by atomic mass is 35.5. The maximum absolute atomic E-state index is 12.6. The number of aromatic nitrogens is 5. The largest absolute Gasteiger partial charge is 0.354 e. The lowest BCUT2D eigenvalue weighted by Gasteiger charge is -2.23. The van der Waals surface area contributed by atoms with Crippen LogP contribution in [0.1, 0.15) is 18.5 Å². The van der Waals surface area contributed by atoms with Gasteiger partial charge in [0, 0.05) is 48.5 Å². The number of fused-ring (bicyclic) bond motifs is 2. The number of H-pyrrole nitrogens is 1. The number of pyridine rings is 1. The molecule has 1 aliphatic heterocycles. The van der Waals surface area contributed by atoms with Gasteiger partial charge < -0.3 is 15.2 Å². The van der Waals surface area contributed by atoms with Crippen molar-refractivity contribution < 1.29 is 9.59 Å². The molecular formula is C22H22ClN7O2. The van der Waals surface area contributed by atoms with Crippen LogP contribution in [0.3, 0.4) is 0 Å². The van der Waals surface area contributed by atoms with Gasteiger partial charge in [-0.1, -0.05) is 0 Å². The van der Waals surface area contributed by atoms with Crippen molar-refractivity contribution >= 4 is 40.0 Å². The first-order chi connectivity index (χ1) is 15.7. The number of nitrogens with one attached hydrogen (secondary N) is 2. The first-order valence-corrected chi connectivity index (χ1v) is 11.1. The highest BCUT2D eigenvalue weighted by Gasteiger charge is 2.33. The Kier molecular flexibility index (Phi) is 5.48. The van der Waals surface area contributed by atoms with Gasteiger partial charge in [0.1, 0.15) is 17.6 Å². The second kappa shape index (κ2) is 8.58. The van der Waals surface area contributed by atoms with Crippen LogP contribution in [0.25, 0.3) is 27.7 Å². The maximum atomic E-state index is 12.6. The van der Waals surface area contributed by atoms with Crippen LogP contribution in [-0.2, 0) is 16.0 Å². The van der Waals surface area contributed by atoms with E-state index in [1.807, 2.05) is 18.2 Å². The topological polar surface area (TPSA) is 108 Å². The van der Waals surface area contributed by atoms with E-state index in [-0.39, 0.29) is 17.7 Å². The summed E-state index contributed by atoms with van der Waals surface area (Å²) >= 11 is 5.67. The van der Waals surface area contributed by atoms with Gasteiger partial charge in [-0.2, -0.15) is 14.8 Å². The standard InChI is InChI=1S/C22H22ClN7O2/c23-12-20(31)29-10-2-4-19(29)22(32)25-8-5-14-11-16-15(6-9-24-21(16)28-14)17-13-27-30-18(17)3-1-7-26-30/h1,3,6-7,9,11,13,19H,2,4-5,8,10,12H2,(H,24,28)(H,25,32). The number of hydrogen-bond acceptors (Lipinski definition) is 5. The van der Waals surface area contributed by atoms with Crippen molar-refractivity contribution in [1.82, 2.24) is 35.0 Å². The zero-order valence-electron chi connectivity index (χ0n) is 17.3. The Hall–Kier alpha value is -3.46. The van der Waals surface area contributed by atoms with Gasteiger partial charge in [0.25, 0.3) is 0 Å². The van der Waals surface area contributed by atoms with Crippen molar-refractivity contribution in [2.45, 2.75) is 25.3 Å². The molecule has 4 aromatic heterocycles. The summed E-state index contributed by atoms with van der Waals surface area (Å²) in [5.74, 6) is -0.423. The molecule has 1 atom stereocenters. The molecule has 1 saturated heterocycles. The van der Waals surface area contributed by atoms with Crippen molar-refractivity contribution in [3.8, 4) is 11.1 Å². The number of alkyl halides is 1. The fraction of sp³-hybridized carbons (Fsp3) is 0.318. The van der Waals surface area contributed by atoms with E-state index in [1.54, 1.807) is 28.1 Å². The minimum atomic E-state index is -0.429. The lowest BCUT2D eigenvalue weighted by molar-refractivity contribution is -0.136. The van der Waals surface area contributed by atoms with Gasteiger partial charge in [0.05, 0.1) is 11.7 Å². The third kappa shape index (κ3) is 3.69. The van der Waals surface area contributed by atoms with Crippen molar-refractivity contribution in [3.05, 3.63) is 48.5 Å². The molecule has 10 heteroatoms. The van der Waals surface area contributed by atoms with E-state index in [1.165, 1.54) is 0 Å². The Balaban J connectivity index is 1.31. The molecule has 9 nitrogen and oxygen atoms in total. The van der Waals surface area contributed by atoms with Gasteiger partial charge in [-0.3, -0.25) is 9.59 Å². The fourth-order valence-electron chi connectivity index (χ4n) is 4.34. The van der Waals surface area contributed by atoms with Crippen LogP contribution in [0, 0.1) is 0 Å². The van der Waals surface area contributed by atoms with E-state index in [2.05, 4.69) is 31.5 Å². The van der Waals surface area contributed by atoms with Crippen LogP contribution >= 0.6 is 11.6 Å². The molecular weight excluding hydrogens is 430 g/mol. The summed E-state index contributed by atoms with van der Waals surface area (Å²) in [6, 6.07) is 7.46. The number of hydrogen-bond donors (Lipinski definition) is 2. The lowest BCUT2D eigenvalue weighted by atomic mass is 10.1. The van der Waals surface area contributed by atoms with E-state index in [4.69, 9.17) is 11.6 Å². The molecule has 4 aromatic rings. The molecule has 32 heavy (non-hydrogen) atoms. The third-order valence-corrected chi connectivity index (χ3v) is 6.09. The quantitative estimate of drug-likeness (QED) is 0.437. The number of aromatic amines is 1. The average molecular weight is 452 g/mol. The zero-order valence-corrected chi connectivity index (χ0v) is 18.0. The second-order valence-corrected chi connectivity index (χ2v) is 8.06. The highest BCUT2D eigenvalue weighted by Crippen LogP contribution is 2.30. The van der Waals surface area contributed by atoms with Gasteiger partial charge in [0.2, 0.25) is 11.8 Å². The van der Waals surface area contributed by atoms with Crippen LogP contribution in [0.5, 0.6) is 0 Å². The molecule has 1 unspecified atom stereocenters. The summed E-state index contributed by atoms with van der Waals surface area (Å²) in [5.41, 5.74) is 4.67. The van der Waals surface area contributed by atoms with Crippen molar-refractivity contribution in [2.24, 2.45) is 0 Å². The fourth-order valence-corrected chi connectivity index (χ4v) is 4.50. The molecule has 2 N–H and O–H groups in total. The number of carbonyl (C=O) groups is 2. The van der Waals surface area contributed by atoms with Gasteiger partial charge in [-0.15, -0.1) is 11.6 Å². The molecule has 0 aromatic carbocycles. The Morgan fingerprint density at radius 3 is 3.00 bits per heavy atom. The number of amides is 2. The Morgan fingerprint density at radius 1 is 1.22 bits per heavy atom. The SMILES string of the molecule is O=C(NCCc1cc2c(-c3cnn4ncccc34)ccnc2[nH]1)C1CCCN1C(=O)CCl. The first-order valence-electron chi connectivity index (χ1n) is 10.5. The number of rotatable bonds is 6. The van der Waals surface area contributed by atoms with E-state index >= 15 is 0 Å². The minimum Gasteiger partial charge on any atom is -0.354 e. The van der Waals surface area contributed by atoms with Crippen molar-refractivity contribution in [3.63, 3.8) is 0 Å². The van der Waals surface area contributed by atoms with Crippen molar-refractivity contribution in [1.29, 1.82) is 0 Å². The Morgan fingerprint density at radius 2 is 2.12 bits per heavy atom. The normalized spacial score (nSPS) is 16.2. The molecule has 0 aliphatic carbocycles. The minimum absolute atomic E-state index is 0.100. The van der Waals surface area contributed by atoms with Gasteiger partial charge in [-0.25, -0.2) is 4.98 Å². The molecule has 164 valence electrons. The lowest BCUT2D eigenvalue weighted by Crippen LogP contribution is -2.46. The third-order valence-electron chi connectivity index (χ3n) is 5.87. The van der Waals surface area contributed by atoms with Gasteiger partial charge in [-0.05, 0) is 42.7 Å². The molecule has 1 aliphatic rings. The zero-order chi connectivity index (χ0) is 22.1. The van der Waals surface area contributed by atoms with Gasteiger partial charge >= 0.3 is 0 Å². The molecule has 0 radical (unpaired) electrons. The van der Waals surface area contributed by atoms with Crippen LogP contribution < -0.4 is 5.32 Å². The molecule has 2 amide bonds.